The summed E-state index contributed by atoms with van der Waals surface area (Å²) in [6.45, 7) is 2.82. The Hall–Kier alpha value is -2.23. The molecule has 2 aromatic rings. The zero-order valence-corrected chi connectivity index (χ0v) is 14.5. The lowest BCUT2D eigenvalue weighted by Crippen LogP contribution is -2.35. The summed E-state index contributed by atoms with van der Waals surface area (Å²) in [5, 5.41) is 6.57. The molecule has 0 saturated carbocycles. The van der Waals surface area contributed by atoms with Crippen molar-refractivity contribution in [3.63, 3.8) is 0 Å². The number of benzene rings is 1. The first kappa shape index (κ1) is 17.6. The van der Waals surface area contributed by atoms with E-state index in [1.807, 2.05) is 0 Å². The number of hydrogen-bond acceptors (Lipinski definition) is 6. The maximum absolute atomic E-state index is 12.4. The molecular weight excluding hydrogens is 346 g/mol. The minimum Gasteiger partial charge on any atom is -0.379 e. The second-order valence-corrected chi connectivity index (χ2v) is 7.58. The molecule has 1 saturated heterocycles. The van der Waals surface area contributed by atoms with Gasteiger partial charge in [0.1, 0.15) is 5.76 Å². The van der Waals surface area contributed by atoms with Gasteiger partial charge in [-0.05, 0) is 31.5 Å². The molecule has 0 aliphatic carbocycles. The first-order valence-corrected chi connectivity index (χ1v) is 9.33. The third-order valence-electron chi connectivity index (χ3n) is 3.79. The third-order valence-corrected chi connectivity index (χ3v) is 5.19. The maximum Gasteiger partial charge on any atom is 0.251 e. The molecule has 0 radical (unpaired) electrons. The molecular formula is C16H19N3O5S. The van der Waals surface area contributed by atoms with Crippen molar-refractivity contribution in [2.45, 2.75) is 30.8 Å². The average Bonchev–Trinajstić information content (AvgIpc) is 3.25. The Morgan fingerprint density at radius 2 is 2.20 bits per heavy atom. The van der Waals surface area contributed by atoms with Crippen molar-refractivity contribution in [1.29, 1.82) is 0 Å². The Bertz CT molecular complexity index is 856. The molecule has 134 valence electrons. The summed E-state index contributed by atoms with van der Waals surface area (Å²) < 4.78 is 37.4. The molecule has 2 heterocycles. The zero-order valence-electron chi connectivity index (χ0n) is 13.7. The molecule has 1 fully saturated rings. The highest BCUT2D eigenvalue weighted by Gasteiger charge is 2.20. The molecule has 2 N–H and O–H groups in total. The van der Waals surface area contributed by atoms with Crippen LogP contribution >= 0.6 is 0 Å². The fourth-order valence-corrected chi connectivity index (χ4v) is 3.52. The first-order valence-electron chi connectivity index (χ1n) is 7.84. The van der Waals surface area contributed by atoms with Gasteiger partial charge < -0.3 is 14.6 Å². The van der Waals surface area contributed by atoms with E-state index in [9.17, 15) is 13.2 Å². The van der Waals surface area contributed by atoms with Crippen LogP contribution in [0.3, 0.4) is 0 Å². The van der Waals surface area contributed by atoms with Gasteiger partial charge in [0.2, 0.25) is 10.0 Å². The summed E-state index contributed by atoms with van der Waals surface area (Å²) in [6, 6.07) is 7.50. The van der Waals surface area contributed by atoms with Gasteiger partial charge in [-0.2, -0.15) is 0 Å². The summed E-state index contributed by atoms with van der Waals surface area (Å²) in [7, 11) is -3.77. The Balaban J connectivity index is 1.69. The van der Waals surface area contributed by atoms with Crippen molar-refractivity contribution < 1.29 is 22.5 Å². The van der Waals surface area contributed by atoms with E-state index < -0.39 is 10.0 Å². The predicted molar refractivity (Wildman–Crippen MR) is 88.4 cm³/mol. The molecule has 1 aliphatic rings. The number of hydrogen-bond donors (Lipinski definition) is 2. The molecule has 1 atom stereocenters. The number of nitrogens with zero attached hydrogens (tertiary/aromatic N) is 1. The fourth-order valence-electron chi connectivity index (χ4n) is 2.48. The van der Waals surface area contributed by atoms with Crippen LogP contribution in [0.25, 0.3) is 0 Å². The molecule has 3 rings (SSSR count). The molecule has 0 spiro atoms. The van der Waals surface area contributed by atoms with Crippen LogP contribution in [0.15, 0.2) is 39.8 Å². The number of carbonyl (C=O) groups excluding carboxylic acids is 1. The standard InChI is InChI=1S/C16H19N3O5S/c1-11-7-14(19-24-11)9-17-25(21,22)15-4-2-3-12(8-15)16(20)18-13-5-6-23-10-13/h2-4,7-8,13,17H,5-6,9-10H2,1H3,(H,18,20)/t13-/m0/s1. The van der Waals surface area contributed by atoms with Crippen molar-refractivity contribution in [1.82, 2.24) is 15.2 Å². The predicted octanol–water partition coefficient (Wildman–Crippen LogP) is 0.980. The van der Waals surface area contributed by atoms with Crippen molar-refractivity contribution in [3.8, 4) is 0 Å². The SMILES string of the molecule is Cc1cc(CNS(=O)(=O)c2cccc(C(=O)N[C@H]3CCOC3)c2)no1. The fraction of sp³-hybridized carbons (Fsp3) is 0.375. The van der Waals surface area contributed by atoms with Crippen molar-refractivity contribution in [2.24, 2.45) is 0 Å². The second-order valence-electron chi connectivity index (χ2n) is 5.82. The van der Waals surface area contributed by atoms with E-state index in [1.54, 1.807) is 19.1 Å². The highest BCUT2D eigenvalue weighted by molar-refractivity contribution is 7.89. The summed E-state index contributed by atoms with van der Waals surface area (Å²) in [5.41, 5.74) is 0.767. The minimum atomic E-state index is -3.77. The number of rotatable bonds is 6. The summed E-state index contributed by atoms with van der Waals surface area (Å²) in [4.78, 5) is 12.3. The van der Waals surface area contributed by atoms with Gasteiger partial charge in [0.25, 0.3) is 5.91 Å². The van der Waals surface area contributed by atoms with E-state index in [0.29, 0.717) is 24.7 Å². The topological polar surface area (TPSA) is 111 Å². The van der Waals surface area contributed by atoms with Crippen LogP contribution in [0.2, 0.25) is 0 Å². The number of amides is 1. The van der Waals surface area contributed by atoms with Crippen molar-refractivity contribution in [2.75, 3.05) is 13.2 Å². The number of ether oxygens (including phenoxy) is 1. The number of aromatic nitrogens is 1. The molecule has 1 aromatic heterocycles. The van der Waals surface area contributed by atoms with Gasteiger partial charge in [0.15, 0.2) is 0 Å². The first-order chi connectivity index (χ1) is 11.9. The van der Waals surface area contributed by atoms with Crippen LogP contribution in [0.4, 0.5) is 0 Å². The Morgan fingerprint density at radius 1 is 1.36 bits per heavy atom. The molecule has 1 aliphatic heterocycles. The Labute approximate surface area is 145 Å². The van der Waals surface area contributed by atoms with Crippen LogP contribution in [0, 0.1) is 6.92 Å². The van der Waals surface area contributed by atoms with Crippen molar-refractivity contribution in [3.05, 3.63) is 47.3 Å². The van der Waals surface area contributed by atoms with E-state index in [2.05, 4.69) is 15.2 Å². The quantitative estimate of drug-likeness (QED) is 0.789. The molecule has 9 heteroatoms. The average molecular weight is 365 g/mol. The summed E-state index contributed by atoms with van der Waals surface area (Å²) in [5.74, 6) is 0.281. The van der Waals surface area contributed by atoms with E-state index in [1.165, 1.54) is 18.2 Å². The van der Waals surface area contributed by atoms with Crippen molar-refractivity contribution >= 4 is 15.9 Å². The van der Waals surface area contributed by atoms with Gasteiger partial charge in [0, 0.05) is 18.2 Å². The van der Waals surface area contributed by atoms with Crippen LogP contribution in [0.1, 0.15) is 28.2 Å². The van der Waals surface area contributed by atoms with Gasteiger partial charge in [0.05, 0.1) is 29.8 Å². The summed E-state index contributed by atoms with van der Waals surface area (Å²) >= 11 is 0. The highest BCUT2D eigenvalue weighted by Crippen LogP contribution is 2.13. The van der Waals surface area contributed by atoms with Crippen LogP contribution in [-0.2, 0) is 21.3 Å². The molecule has 8 nitrogen and oxygen atoms in total. The molecule has 0 unspecified atom stereocenters. The van der Waals surface area contributed by atoms with Gasteiger partial charge in [-0.1, -0.05) is 11.2 Å². The monoisotopic (exact) mass is 365 g/mol. The summed E-state index contributed by atoms with van der Waals surface area (Å²) in [6.07, 6.45) is 0.752. The lowest BCUT2D eigenvalue weighted by molar-refractivity contribution is 0.0929. The molecule has 25 heavy (non-hydrogen) atoms. The van der Waals surface area contributed by atoms with Gasteiger partial charge >= 0.3 is 0 Å². The Morgan fingerprint density at radius 3 is 2.88 bits per heavy atom. The largest absolute Gasteiger partial charge is 0.379 e. The van der Waals surface area contributed by atoms with Crippen LogP contribution in [0.5, 0.6) is 0 Å². The number of aryl methyl sites for hydroxylation is 1. The van der Waals surface area contributed by atoms with E-state index >= 15 is 0 Å². The number of sulfonamides is 1. The second kappa shape index (κ2) is 7.34. The third kappa shape index (κ3) is 4.44. The maximum atomic E-state index is 12.4. The van der Waals surface area contributed by atoms with E-state index in [0.717, 1.165) is 6.42 Å². The van der Waals surface area contributed by atoms with Gasteiger partial charge in [-0.15, -0.1) is 0 Å². The van der Waals surface area contributed by atoms with E-state index in [-0.39, 0.29) is 29.0 Å². The lowest BCUT2D eigenvalue weighted by Gasteiger charge is -2.11. The van der Waals surface area contributed by atoms with Crippen LogP contribution in [-0.4, -0.2) is 38.7 Å². The minimum absolute atomic E-state index is 0.00943. The Kier molecular flexibility index (Phi) is 5.16. The molecule has 0 bridgehead atoms. The van der Waals surface area contributed by atoms with Gasteiger partial charge in [-0.25, -0.2) is 13.1 Å². The smallest absolute Gasteiger partial charge is 0.251 e. The zero-order chi connectivity index (χ0) is 17.9. The lowest BCUT2D eigenvalue weighted by atomic mass is 10.2. The van der Waals surface area contributed by atoms with Crippen LogP contribution < -0.4 is 10.0 Å². The molecule has 1 aromatic carbocycles. The number of carbonyl (C=O) groups is 1. The highest BCUT2D eigenvalue weighted by atomic mass is 32.2. The van der Waals surface area contributed by atoms with Gasteiger partial charge in [-0.3, -0.25) is 4.79 Å². The van der Waals surface area contributed by atoms with E-state index in [4.69, 9.17) is 9.26 Å². The molecule has 1 amide bonds. The normalized spacial score (nSPS) is 17.6. The number of nitrogens with one attached hydrogen (secondary N) is 2.